The Labute approximate surface area is 371 Å². The zero-order valence-electron chi connectivity index (χ0n) is 32.0. The lowest BCUT2D eigenvalue weighted by Gasteiger charge is -2.37. The number of nitrogens with two attached hydrogens (primary N) is 1. The molecule has 0 saturated heterocycles. The van der Waals surface area contributed by atoms with Gasteiger partial charge in [0, 0.05) is 24.5 Å². The monoisotopic (exact) mass is 931 g/mol. The Morgan fingerprint density at radius 1 is 0.417 bits per heavy atom. The molecule has 6 aromatic carbocycles. The third-order valence-corrected chi connectivity index (χ3v) is 12.0. The van der Waals surface area contributed by atoms with Crippen molar-refractivity contribution in [1.29, 1.82) is 0 Å². The molecule has 0 aliphatic heterocycles. The molecule has 0 unspecified atom stereocenters. The fourth-order valence-corrected chi connectivity index (χ4v) is 9.21. The van der Waals surface area contributed by atoms with Gasteiger partial charge in [-0.3, -0.25) is 0 Å². The van der Waals surface area contributed by atoms with E-state index in [1.54, 1.807) is 12.4 Å². The van der Waals surface area contributed by atoms with Crippen LogP contribution < -0.4 is 5.73 Å². The van der Waals surface area contributed by atoms with Crippen molar-refractivity contribution in [3.05, 3.63) is 254 Å². The molecule has 0 saturated carbocycles. The van der Waals surface area contributed by atoms with Gasteiger partial charge in [-0.05, 0) is 56.0 Å². The Kier molecular flexibility index (Phi) is 10.9. The number of fused-ring (bicyclic) bond motifs is 2. The van der Waals surface area contributed by atoms with Gasteiger partial charge in [-0.25, -0.2) is 19.3 Å². The van der Waals surface area contributed by atoms with Crippen molar-refractivity contribution in [3.63, 3.8) is 0 Å². The average Bonchev–Trinajstić information content (AvgIpc) is 3.81. The lowest BCUT2D eigenvalue weighted by Crippen LogP contribution is -2.38. The zero-order chi connectivity index (χ0) is 41.1. The third kappa shape index (κ3) is 6.80. The highest BCUT2D eigenvalue weighted by molar-refractivity contribution is 14.1. The first-order valence-electron chi connectivity index (χ1n) is 19.3. The van der Waals surface area contributed by atoms with Crippen LogP contribution in [0.15, 0.2) is 207 Å². The second-order valence-electron chi connectivity index (χ2n) is 14.2. The lowest BCUT2D eigenvalue weighted by molar-refractivity contribution is 0.473. The Morgan fingerprint density at radius 3 is 1.03 bits per heavy atom. The summed E-state index contributed by atoms with van der Waals surface area (Å²) in [6, 6.07) is 66.2. The van der Waals surface area contributed by atoms with Crippen LogP contribution in [0.2, 0.25) is 10.3 Å². The van der Waals surface area contributed by atoms with Crippen LogP contribution in [0.25, 0.3) is 21.8 Å². The van der Waals surface area contributed by atoms with Crippen LogP contribution >= 0.6 is 45.8 Å². The van der Waals surface area contributed by atoms with Crippen LogP contribution in [0.4, 0.5) is 5.82 Å². The quantitative estimate of drug-likeness (QED) is 0.0932. The molecule has 10 rings (SSSR count). The van der Waals surface area contributed by atoms with Crippen molar-refractivity contribution < 1.29 is 0 Å². The molecule has 7 nitrogen and oxygen atoms in total. The van der Waals surface area contributed by atoms with Gasteiger partial charge < -0.3 is 5.73 Å². The largest absolute Gasteiger partial charge is 0.382 e. The lowest BCUT2D eigenvalue weighted by atomic mass is 9.77. The fraction of sp³-hybridized carbons (Fsp3) is 0.0400. The predicted molar refractivity (Wildman–Crippen MR) is 251 cm³/mol. The molecule has 0 aliphatic rings. The van der Waals surface area contributed by atoms with E-state index < -0.39 is 11.1 Å². The number of aromatic nitrogens is 6. The molecule has 10 aromatic rings. The van der Waals surface area contributed by atoms with E-state index in [9.17, 15) is 0 Å². The van der Waals surface area contributed by atoms with Crippen molar-refractivity contribution in [2.24, 2.45) is 0 Å². The molecule has 2 N–H and O–H groups in total. The molecule has 60 heavy (non-hydrogen) atoms. The maximum Gasteiger partial charge on any atom is 0.155 e. The van der Waals surface area contributed by atoms with E-state index in [1.807, 2.05) is 89.6 Å². The van der Waals surface area contributed by atoms with Crippen LogP contribution in [0.1, 0.15) is 33.4 Å². The summed E-state index contributed by atoms with van der Waals surface area (Å²) in [4.78, 5) is 8.50. The summed E-state index contributed by atoms with van der Waals surface area (Å²) in [7, 11) is 0. The number of hydrogen-bond acceptors (Lipinski definition) is 5. The van der Waals surface area contributed by atoms with Crippen LogP contribution in [0, 0.1) is 3.70 Å². The Hall–Kier alpha value is -6.33. The zero-order valence-corrected chi connectivity index (χ0v) is 35.7. The van der Waals surface area contributed by atoms with Gasteiger partial charge in [-0.1, -0.05) is 205 Å². The molecule has 0 radical (unpaired) electrons. The van der Waals surface area contributed by atoms with Gasteiger partial charge in [0.1, 0.15) is 25.1 Å². The summed E-state index contributed by atoms with van der Waals surface area (Å²) in [6.07, 6.45) is 3.48. The Bertz CT molecular complexity index is 2620. The highest BCUT2D eigenvalue weighted by Gasteiger charge is 2.42. The molecule has 10 heteroatoms. The second-order valence-corrected chi connectivity index (χ2v) is 16.0. The van der Waals surface area contributed by atoms with E-state index in [-0.39, 0.29) is 0 Å². The minimum Gasteiger partial charge on any atom is -0.382 e. The summed E-state index contributed by atoms with van der Waals surface area (Å²) < 4.78 is 4.96. The summed E-state index contributed by atoms with van der Waals surface area (Å²) in [5.74, 6) is 0.418. The number of pyridine rings is 2. The highest BCUT2D eigenvalue weighted by atomic mass is 127. The number of hydrogen-bond donors (Lipinski definition) is 1. The number of benzene rings is 6. The van der Waals surface area contributed by atoms with Gasteiger partial charge in [0.2, 0.25) is 0 Å². The van der Waals surface area contributed by atoms with Gasteiger partial charge in [0.05, 0.1) is 21.8 Å². The first-order chi connectivity index (χ1) is 29.4. The van der Waals surface area contributed by atoms with Crippen molar-refractivity contribution in [1.82, 2.24) is 29.5 Å². The maximum absolute atomic E-state index is 6.34. The molecule has 292 valence electrons. The molecule has 0 amide bonds. The van der Waals surface area contributed by atoms with E-state index in [0.717, 1.165) is 58.9 Å². The van der Waals surface area contributed by atoms with Crippen LogP contribution in [0.3, 0.4) is 0 Å². The summed E-state index contributed by atoms with van der Waals surface area (Å²) in [5.41, 5.74) is 13.3. The van der Waals surface area contributed by atoms with E-state index in [2.05, 4.69) is 146 Å². The third-order valence-electron chi connectivity index (χ3n) is 10.8. The minimum absolute atomic E-state index is 0.395. The Balaban J connectivity index is 0.000000154. The molecule has 0 bridgehead atoms. The number of anilines is 1. The number of rotatable bonds is 8. The Morgan fingerprint density at radius 2 is 0.700 bits per heavy atom. The van der Waals surface area contributed by atoms with Gasteiger partial charge in [-0.2, -0.15) is 10.2 Å². The molecule has 4 aromatic heterocycles. The standard InChI is InChI=1S/C25H17ClIN3.C25H19ClN4/c2*26-23-16-22-21(17-28-23)24(27)29-30(22)25(18-10-4-1-5-11-18,19-12-6-2-7-13-19)20-14-8-3-9-15-20/h1-17H;1-17H,(H2,27,29). The van der Waals surface area contributed by atoms with Crippen molar-refractivity contribution in [3.8, 4) is 0 Å². The van der Waals surface area contributed by atoms with Crippen molar-refractivity contribution in [2.75, 3.05) is 5.73 Å². The highest BCUT2D eigenvalue weighted by Crippen LogP contribution is 2.45. The van der Waals surface area contributed by atoms with E-state index in [0.29, 0.717) is 16.1 Å². The van der Waals surface area contributed by atoms with Crippen LogP contribution in [0.5, 0.6) is 0 Å². The fourth-order valence-electron chi connectivity index (χ4n) is 8.28. The first-order valence-corrected chi connectivity index (χ1v) is 21.1. The van der Waals surface area contributed by atoms with E-state index in [4.69, 9.17) is 39.1 Å². The average molecular weight is 933 g/mol. The molecule has 0 fully saturated rings. The summed E-state index contributed by atoms with van der Waals surface area (Å²) in [6.45, 7) is 0. The normalized spacial score (nSPS) is 11.7. The molecule has 0 spiro atoms. The van der Waals surface area contributed by atoms with Crippen molar-refractivity contribution >= 4 is 73.4 Å². The summed E-state index contributed by atoms with van der Waals surface area (Å²) in [5, 5.41) is 12.5. The minimum atomic E-state index is -0.746. The van der Waals surface area contributed by atoms with Crippen molar-refractivity contribution in [2.45, 2.75) is 11.1 Å². The van der Waals surface area contributed by atoms with Crippen LogP contribution in [-0.2, 0) is 11.1 Å². The SMILES string of the molecule is Clc1cc2c(cn1)c(I)nn2C(c1ccccc1)(c1ccccc1)c1ccccc1.Nc1nn(C(c2ccccc2)(c2ccccc2)c2ccccc2)c2cc(Cl)ncc12. The predicted octanol–water partition coefficient (Wildman–Crippen LogP) is 12.0. The van der Waals surface area contributed by atoms with E-state index in [1.165, 1.54) is 0 Å². The number of nitrogen functional groups attached to an aromatic ring is 1. The smallest absolute Gasteiger partial charge is 0.155 e. The molecule has 4 heterocycles. The molecular formula is C50H36Cl2IN7. The van der Waals surface area contributed by atoms with Crippen LogP contribution in [-0.4, -0.2) is 29.5 Å². The van der Waals surface area contributed by atoms with Gasteiger partial charge in [0.25, 0.3) is 0 Å². The first kappa shape index (κ1) is 39.1. The van der Waals surface area contributed by atoms with Gasteiger partial charge in [-0.15, -0.1) is 0 Å². The second kappa shape index (κ2) is 16.7. The maximum atomic E-state index is 6.34. The summed E-state index contributed by atoms with van der Waals surface area (Å²) >= 11 is 14.9. The molecule has 0 atom stereocenters. The number of nitrogens with zero attached hydrogens (tertiary/aromatic N) is 6. The number of halogens is 3. The molecular weight excluding hydrogens is 896 g/mol. The topological polar surface area (TPSA) is 87.4 Å². The van der Waals surface area contributed by atoms with E-state index >= 15 is 0 Å². The molecule has 0 aliphatic carbocycles. The van der Waals surface area contributed by atoms with Gasteiger partial charge in [0.15, 0.2) is 5.82 Å². The van der Waals surface area contributed by atoms with Gasteiger partial charge >= 0.3 is 0 Å².